The molecule has 0 spiro atoms. The highest BCUT2D eigenvalue weighted by molar-refractivity contribution is 5.81. The second-order valence-electron chi connectivity index (χ2n) is 8.38. The maximum absolute atomic E-state index is 13.1. The minimum absolute atomic E-state index is 0.0294. The third kappa shape index (κ3) is 4.95. The molecule has 7 nitrogen and oxygen atoms in total. The summed E-state index contributed by atoms with van der Waals surface area (Å²) in [7, 11) is 1.62. The average Bonchev–Trinajstić information content (AvgIpc) is 3.27. The van der Waals surface area contributed by atoms with Gasteiger partial charge in [-0.15, -0.1) is 0 Å². The third-order valence-electron chi connectivity index (χ3n) is 6.16. The number of hydrogen-bond acceptors (Lipinski definition) is 4. The Hall–Kier alpha value is -2.54. The van der Waals surface area contributed by atoms with Crippen LogP contribution in [-0.2, 0) is 11.3 Å². The number of pyridine rings is 1. The van der Waals surface area contributed by atoms with Crippen LogP contribution in [0.2, 0.25) is 0 Å². The molecule has 2 N–H and O–H groups in total. The molecular weight excluding hydrogens is 382 g/mol. The number of rotatable bonds is 6. The van der Waals surface area contributed by atoms with Gasteiger partial charge in [0.1, 0.15) is 5.75 Å². The maximum atomic E-state index is 13.1. The van der Waals surface area contributed by atoms with E-state index in [1.165, 1.54) is 6.42 Å². The van der Waals surface area contributed by atoms with Crippen molar-refractivity contribution in [3.63, 3.8) is 0 Å². The van der Waals surface area contributed by atoms with Gasteiger partial charge in [-0.3, -0.25) is 4.79 Å². The standard InChI is InChI=1S/C23H31N3O4/c1-29-19-9-10-21-16(13-19)12-17(22(27)25-21)14-26(15-20-8-5-11-30-20)23(28)24-18-6-3-2-4-7-18/h9-10,12-13,18,20H,2-8,11,14-15H2,1H3,(H,24,28)(H,25,27)/t20-/m0/s1. The molecule has 0 bridgehead atoms. The van der Waals surface area contributed by atoms with Crippen molar-refractivity contribution in [3.8, 4) is 5.75 Å². The molecule has 2 aromatic rings. The van der Waals surface area contributed by atoms with E-state index in [-0.39, 0.29) is 30.3 Å². The van der Waals surface area contributed by atoms with Crippen LogP contribution in [0.15, 0.2) is 29.1 Å². The summed E-state index contributed by atoms with van der Waals surface area (Å²) in [5, 5.41) is 4.07. The number of carbonyl (C=O) groups is 1. The van der Waals surface area contributed by atoms with Gasteiger partial charge in [-0.25, -0.2) is 4.79 Å². The van der Waals surface area contributed by atoms with Crippen LogP contribution >= 0.6 is 0 Å². The van der Waals surface area contributed by atoms with Crippen LogP contribution in [0.25, 0.3) is 10.9 Å². The number of ether oxygens (including phenoxy) is 2. The van der Waals surface area contributed by atoms with Crippen molar-refractivity contribution < 1.29 is 14.3 Å². The molecule has 1 atom stereocenters. The SMILES string of the molecule is COc1ccc2[nH]c(=O)c(CN(C[C@@H]3CCCO3)C(=O)NC3CCCCC3)cc2c1. The molecule has 2 fully saturated rings. The van der Waals surface area contributed by atoms with Crippen molar-refractivity contribution in [3.05, 3.63) is 40.2 Å². The lowest BCUT2D eigenvalue weighted by Crippen LogP contribution is -2.48. The normalized spacial score (nSPS) is 19.7. The van der Waals surface area contributed by atoms with Crippen molar-refractivity contribution in [2.45, 2.75) is 63.6 Å². The number of urea groups is 1. The first-order valence-corrected chi connectivity index (χ1v) is 11.0. The minimum Gasteiger partial charge on any atom is -0.497 e. The summed E-state index contributed by atoms with van der Waals surface area (Å²) in [5.41, 5.74) is 1.14. The predicted molar refractivity (Wildman–Crippen MR) is 116 cm³/mol. The van der Waals surface area contributed by atoms with E-state index < -0.39 is 0 Å². The zero-order valence-electron chi connectivity index (χ0n) is 17.6. The van der Waals surface area contributed by atoms with Crippen LogP contribution in [-0.4, -0.2) is 48.3 Å². The first kappa shape index (κ1) is 20.7. The molecular formula is C23H31N3O4. The topological polar surface area (TPSA) is 83.7 Å². The summed E-state index contributed by atoms with van der Waals surface area (Å²) in [6, 6.07) is 7.51. The van der Waals surface area contributed by atoms with Gasteiger partial charge in [-0.1, -0.05) is 19.3 Å². The van der Waals surface area contributed by atoms with Gasteiger partial charge in [-0.05, 0) is 49.9 Å². The van der Waals surface area contributed by atoms with Crippen molar-refractivity contribution in [2.24, 2.45) is 0 Å². The van der Waals surface area contributed by atoms with Gasteiger partial charge in [0.15, 0.2) is 0 Å². The predicted octanol–water partition coefficient (Wildman–Crippen LogP) is 3.56. The molecule has 162 valence electrons. The molecule has 7 heteroatoms. The Kier molecular flexibility index (Phi) is 6.57. The summed E-state index contributed by atoms with van der Waals surface area (Å²) < 4.78 is 11.1. The van der Waals surface area contributed by atoms with Crippen LogP contribution in [0.1, 0.15) is 50.5 Å². The van der Waals surface area contributed by atoms with Crippen LogP contribution < -0.4 is 15.6 Å². The van der Waals surface area contributed by atoms with Crippen molar-refractivity contribution >= 4 is 16.9 Å². The summed E-state index contributed by atoms with van der Waals surface area (Å²) in [6.45, 7) is 1.48. The van der Waals surface area contributed by atoms with Gasteiger partial charge in [0.2, 0.25) is 0 Å². The van der Waals surface area contributed by atoms with E-state index in [0.29, 0.717) is 12.1 Å². The van der Waals surface area contributed by atoms with Gasteiger partial charge in [0.05, 0.1) is 19.8 Å². The van der Waals surface area contributed by atoms with E-state index in [1.807, 2.05) is 24.3 Å². The highest BCUT2D eigenvalue weighted by Crippen LogP contribution is 2.21. The average molecular weight is 414 g/mol. The number of nitrogens with zero attached hydrogens (tertiary/aromatic N) is 1. The summed E-state index contributed by atoms with van der Waals surface area (Å²) in [6.07, 6.45) is 7.58. The molecule has 1 aromatic heterocycles. The lowest BCUT2D eigenvalue weighted by molar-refractivity contribution is 0.0784. The fraction of sp³-hybridized carbons (Fsp3) is 0.565. The number of hydrogen-bond donors (Lipinski definition) is 2. The molecule has 1 aliphatic heterocycles. The summed E-state index contributed by atoms with van der Waals surface area (Å²) in [5.74, 6) is 0.728. The molecule has 1 aromatic carbocycles. The summed E-state index contributed by atoms with van der Waals surface area (Å²) >= 11 is 0. The van der Waals surface area contributed by atoms with E-state index in [9.17, 15) is 9.59 Å². The number of fused-ring (bicyclic) bond motifs is 1. The molecule has 0 unspecified atom stereocenters. The van der Waals surface area contributed by atoms with Crippen molar-refractivity contribution in [2.75, 3.05) is 20.3 Å². The number of H-pyrrole nitrogens is 1. The molecule has 4 rings (SSSR count). The van der Waals surface area contributed by atoms with Gasteiger partial charge in [0.25, 0.3) is 5.56 Å². The Morgan fingerprint density at radius 2 is 2.03 bits per heavy atom. The fourth-order valence-electron chi connectivity index (χ4n) is 4.45. The lowest BCUT2D eigenvalue weighted by atomic mass is 9.96. The Bertz CT molecular complexity index is 930. The molecule has 30 heavy (non-hydrogen) atoms. The van der Waals surface area contributed by atoms with Crippen LogP contribution in [0.3, 0.4) is 0 Å². The number of aromatic nitrogens is 1. The Morgan fingerprint density at radius 1 is 1.20 bits per heavy atom. The zero-order valence-corrected chi connectivity index (χ0v) is 17.6. The van der Waals surface area contributed by atoms with Crippen LogP contribution in [0.4, 0.5) is 4.79 Å². The number of carbonyl (C=O) groups excluding carboxylic acids is 1. The monoisotopic (exact) mass is 413 g/mol. The third-order valence-corrected chi connectivity index (χ3v) is 6.16. The summed E-state index contributed by atoms with van der Waals surface area (Å²) in [4.78, 5) is 30.5. The maximum Gasteiger partial charge on any atom is 0.318 e. The molecule has 0 radical (unpaired) electrons. The molecule has 2 heterocycles. The number of nitrogens with one attached hydrogen (secondary N) is 2. The highest BCUT2D eigenvalue weighted by Gasteiger charge is 2.25. The number of benzene rings is 1. The van der Waals surface area contributed by atoms with Crippen LogP contribution in [0.5, 0.6) is 5.75 Å². The smallest absolute Gasteiger partial charge is 0.318 e. The molecule has 2 amide bonds. The van der Waals surface area contributed by atoms with Crippen LogP contribution in [0, 0.1) is 0 Å². The Balaban J connectivity index is 1.55. The minimum atomic E-state index is -0.171. The molecule has 1 aliphatic carbocycles. The second kappa shape index (κ2) is 9.51. The number of amides is 2. The Morgan fingerprint density at radius 3 is 2.77 bits per heavy atom. The van der Waals surface area contributed by atoms with Gasteiger partial charge >= 0.3 is 6.03 Å². The zero-order chi connectivity index (χ0) is 20.9. The van der Waals surface area contributed by atoms with Gasteiger partial charge in [-0.2, -0.15) is 0 Å². The Labute approximate surface area is 176 Å². The number of methoxy groups -OCH3 is 1. The second-order valence-corrected chi connectivity index (χ2v) is 8.38. The molecule has 1 saturated heterocycles. The van der Waals surface area contributed by atoms with E-state index in [1.54, 1.807) is 12.0 Å². The number of aromatic amines is 1. The quantitative estimate of drug-likeness (QED) is 0.758. The first-order valence-electron chi connectivity index (χ1n) is 11.0. The molecule has 1 saturated carbocycles. The van der Waals surface area contributed by atoms with Crippen molar-refractivity contribution in [1.82, 2.24) is 15.2 Å². The highest BCUT2D eigenvalue weighted by atomic mass is 16.5. The van der Waals surface area contributed by atoms with Gasteiger partial charge in [0, 0.05) is 35.7 Å². The van der Waals surface area contributed by atoms with E-state index in [0.717, 1.165) is 61.8 Å². The molecule has 2 aliphatic rings. The van der Waals surface area contributed by atoms with Crippen molar-refractivity contribution in [1.29, 1.82) is 0 Å². The van der Waals surface area contributed by atoms with E-state index in [4.69, 9.17) is 9.47 Å². The van der Waals surface area contributed by atoms with Gasteiger partial charge < -0.3 is 24.7 Å². The fourth-order valence-corrected chi connectivity index (χ4v) is 4.45. The lowest BCUT2D eigenvalue weighted by Gasteiger charge is -2.29. The first-order chi connectivity index (χ1) is 14.6. The van der Waals surface area contributed by atoms with E-state index >= 15 is 0 Å². The largest absolute Gasteiger partial charge is 0.497 e. The van der Waals surface area contributed by atoms with E-state index in [2.05, 4.69) is 10.3 Å².